The number of nitrogens with zero attached hydrogens (tertiary/aromatic N) is 1. The van der Waals surface area contributed by atoms with Gasteiger partial charge in [0.1, 0.15) is 0 Å². The predicted molar refractivity (Wildman–Crippen MR) is 122 cm³/mol. The number of hydrogen-bond donors (Lipinski definition) is 2. The highest BCUT2D eigenvalue weighted by Crippen LogP contribution is 2.68. The molecule has 0 aromatic carbocycles. The van der Waals surface area contributed by atoms with E-state index in [4.69, 9.17) is 0 Å². The summed E-state index contributed by atoms with van der Waals surface area (Å²) in [5.74, 6) is -3.04. The number of alkyl halides is 5. The molecule has 2 N–H and O–H groups in total. The smallest absolute Gasteiger partial charge is 0.369 e. The lowest BCUT2D eigenvalue weighted by molar-refractivity contribution is -0.138. The number of pyridine rings is 1. The van der Waals surface area contributed by atoms with Crippen molar-refractivity contribution in [3.8, 4) is 0 Å². The lowest BCUT2D eigenvalue weighted by Crippen LogP contribution is -2.25. The van der Waals surface area contributed by atoms with Crippen LogP contribution < -0.4 is 5.32 Å². The minimum atomic E-state index is -4.61. The summed E-state index contributed by atoms with van der Waals surface area (Å²) in [6.07, 6.45) is 2.18. The molecule has 3 rings (SSSR count). The number of hydrogen-bond acceptors (Lipinski definition) is 3. The van der Waals surface area contributed by atoms with Gasteiger partial charge >= 0.3 is 6.18 Å². The second kappa shape index (κ2) is 9.96. The minimum Gasteiger partial charge on any atom is -0.369 e. The minimum absolute atomic E-state index is 0.0736. The average Bonchev–Trinajstić information content (AvgIpc) is 3.30. The number of allylic oxidation sites excluding steroid dienone is 2. The fourth-order valence-electron chi connectivity index (χ4n) is 5.63. The Hall–Kier alpha value is -1.96. The first kappa shape index (κ1) is 26.6. The van der Waals surface area contributed by atoms with Gasteiger partial charge in [0.2, 0.25) is 0 Å². The van der Waals surface area contributed by atoms with Gasteiger partial charge in [-0.1, -0.05) is 39.3 Å². The molecule has 1 heterocycles. The van der Waals surface area contributed by atoms with Crippen molar-refractivity contribution >= 4 is 0 Å². The second-order valence-electron chi connectivity index (χ2n) is 9.87. The summed E-state index contributed by atoms with van der Waals surface area (Å²) >= 11 is 0. The van der Waals surface area contributed by atoms with E-state index in [0.717, 1.165) is 6.20 Å². The van der Waals surface area contributed by atoms with Gasteiger partial charge in [-0.2, -0.15) is 13.2 Å². The SMILES string of the molecule is C=C/C(=C\CC)NC(O)c1c(C2CCCCC3(CC3(F)F)C(C)CC2)ncc(C(F)(F)F)c1C. The predicted octanol–water partition coefficient (Wildman–Crippen LogP) is 7.57. The third-order valence-corrected chi connectivity index (χ3v) is 7.79. The van der Waals surface area contributed by atoms with Crippen LogP contribution in [0.3, 0.4) is 0 Å². The molecule has 4 atom stereocenters. The van der Waals surface area contributed by atoms with Crippen LogP contribution in [0.15, 0.2) is 30.6 Å². The van der Waals surface area contributed by atoms with Crippen LogP contribution in [-0.4, -0.2) is 16.0 Å². The summed E-state index contributed by atoms with van der Waals surface area (Å²) in [6, 6.07) is 0. The van der Waals surface area contributed by atoms with Crippen molar-refractivity contribution in [3.05, 3.63) is 53.0 Å². The Balaban J connectivity index is 1.98. The van der Waals surface area contributed by atoms with Gasteiger partial charge in [-0.3, -0.25) is 4.98 Å². The quantitative estimate of drug-likeness (QED) is 0.248. The van der Waals surface area contributed by atoms with Gasteiger partial charge in [-0.15, -0.1) is 0 Å². The van der Waals surface area contributed by atoms with Crippen molar-refractivity contribution in [2.45, 2.75) is 96.4 Å². The molecule has 2 fully saturated rings. The van der Waals surface area contributed by atoms with E-state index < -0.39 is 29.3 Å². The second-order valence-corrected chi connectivity index (χ2v) is 9.87. The Morgan fingerprint density at radius 3 is 2.53 bits per heavy atom. The maximum Gasteiger partial charge on any atom is 0.418 e. The molecule has 0 amide bonds. The molecule has 0 saturated heterocycles. The largest absolute Gasteiger partial charge is 0.418 e. The first-order valence-corrected chi connectivity index (χ1v) is 12.1. The highest BCUT2D eigenvalue weighted by atomic mass is 19.4. The lowest BCUT2D eigenvalue weighted by Gasteiger charge is -2.27. The first-order valence-electron chi connectivity index (χ1n) is 12.1. The highest BCUT2D eigenvalue weighted by molar-refractivity contribution is 5.41. The molecular formula is C26H35F5N2O. The summed E-state index contributed by atoms with van der Waals surface area (Å²) in [5.41, 5.74) is -0.869. The first-order chi connectivity index (χ1) is 15.9. The summed E-state index contributed by atoms with van der Waals surface area (Å²) in [4.78, 5) is 4.22. The Labute approximate surface area is 198 Å². The zero-order valence-corrected chi connectivity index (χ0v) is 20.1. The number of nitrogens with one attached hydrogen (secondary N) is 1. The molecule has 34 heavy (non-hydrogen) atoms. The zero-order valence-electron chi connectivity index (χ0n) is 20.1. The third kappa shape index (κ3) is 5.16. The van der Waals surface area contributed by atoms with Gasteiger partial charge in [-0.05, 0) is 56.6 Å². The standard InChI is InChI=1S/C26H35F5N2O/c1-5-9-19(6-2)33-23(34)21-17(4)20(26(29,30)31)14-32-22(21)18-10-7-8-13-24(15-25(24,27)28)16(3)11-12-18/h6,9,14,16,18,23,33-34H,2,5,7-8,10-13,15H2,1,3-4H3/b19-9+. The van der Waals surface area contributed by atoms with Crippen LogP contribution in [0, 0.1) is 18.3 Å². The lowest BCUT2D eigenvalue weighted by atomic mass is 9.81. The molecule has 4 unspecified atom stereocenters. The Morgan fingerprint density at radius 2 is 1.97 bits per heavy atom. The van der Waals surface area contributed by atoms with Gasteiger partial charge in [0.15, 0.2) is 6.23 Å². The molecular weight excluding hydrogens is 451 g/mol. The highest BCUT2D eigenvalue weighted by Gasteiger charge is 2.72. The normalized spacial score (nSPS) is 28.6. The Bertz CT molecular complexity index is 927. The van der Waals surface area contributed by atoms with Crippen LogP contribution in [0.25, 0.3) is 0 Å². The van der Waals surface area contributed by atoms with E-state index in [1.165, 1.54) is 13.0 Å². The maximum absolute atomic E-state index is 14.2. The van der Waals surface area contributed by atoms with E-state index in [-0.39, 0.29) is 29.4 Å². The maximum atomic E-state index is 14.2. The van der Waals surface area contributed by atoms with Crippen LogP contribution in [0.4, 0.5) is 22.0 Å². The van der Waals surface area contributed by atoms with Gasteiger partial charge in [0, 0.05) is 35.2 Å². The van der Waals surface area contributed by atoms with Crippen molar-refractivity contribution in [1.82, 2.24) is 10.3 Å². The van der Waals surface area contributed by atoms with Crippen LogP contribution in [0.2, 0.25) is 0 Å². The van der Waals surface area contributed by atoms with Crippen LogP contribution >= 0.6 is 0 Å². The van der Waals surface area contributed by atoms with Gasteiger partial charge < -0.3 is 10.4 Å². The summed E-state index contributed by atoms with van der Waals surface area (Å²) in [6.45, 7) is 8.80. The van der Waals surface area contributed by atoms with E-state index in [2.05, 4.69) is 16.9 Å². The fourth-order valence-corrected chi connectivity index (χ4v) is 5.63. The van der Waals surface area contributed by atoms with Gasteiger partial charge in [-0.25, -0.2) is 8.78 Å². The monoisotopic (exact) mass is 486 g/mol. The van der Waals surface area contributed by atoms with Crippen molar-refractivity contribution < 1.29 is 27.1 Å². The van der Waals surface area contributed by atoms with Crippen molar-refractivity contribution in [2.75, 3.05) is 0 Å². The molecule has 0 bridgehead atoms. The van der Waals surface area contributed by atoms with Gasteiger partial charge in [0.25, 0.3) is 5.92 Å². The van der Waals surface area contributed by atoms with E-state index >= 15 is 0 Å². The molecule has 8 heteroatoms. The Kier molecular flexibility index (Phi) is 7.80. The van der Waals surface area contributed by atoms with E-state index in [1.807, 2.05) is 13.8 Å². The van der Waals surface area contributed by atoms with Gasteiger partial charge in [0.05, 0.1) is 11.3 Å². The molecule has 3 nitrogen and oxygen atoms in total. The topological polar surface area (TPSA) is 45.1 Å². The molecule has 2 aliphatic rings. The molecule has 0 aliphatic heterocycles. The summed E-state index contributed by atoms with van der Waals surface area (Å²) in [5, 5.41) is 13.9. The molecule has 2 aliphatic carbocycles. The number of halogens is 5. The van der Waals surface area contributed by atoms with Crippen molar-refractivity contribution in [2.24, 2.45) is 11.3 Å². The number of aromatic nitrogens is 1. The Morgan fingerprint density at radius 1 is 1.29 bits per heavy atom. The van der Waals surface area contributed by atoms with Crippen LogP contribution in [-0.2, 0) is 6.18 Å². The zero-order chi connectivity index (χ0) is 25.3. The number of rotatable bonds is 6. The molecule has 2 saturated carbocycles. The van der Waals surface area contributed by atoms with E-state index in [1.54, 1.807) is 6.08 Å². The number of aliphatic hydroxyl groups excluding tert-OH is 1. The van der Waals surface area contributed by atoms with Crippen LogP contribution in [0.5, 0.6) is 0 Å². The summed E-state index contributed by atoms with van der Waals surface area (Å²) < 4.78 is 69.4. The third-order valence-electron chi connectivity index (χ3n) is 7.79. The average molecular weight is 487 g/mol. The molecule has 1 aromatic rings. The molecule has 1 spiro atoms. The summed E-state index contributed by atoms with van der Waals surface area (Å²) in [7, 11) is 0. The fraction of sp³-hybridized carbons (Fsp3) is 0.654. The van der Waals surface area contributed by atoms with Crippen molar-refractivity contribution in [1.29, 1.82) is 0 Å². The van der Waals surface area contributed by atoms with E-state index in [9.17, 15) is 27.1 Å². The van der Waals surface area contributed by atoms with Crippen LogP contribution in [0.1, 0.15) is 99.7 Å². The molecule has 190 valence electrons. The molecule has 1 aromatic heterocycles. The number of aliphatic hydroxyl groups is 1. The van der Waals surface area contributed by atoms with Crippen molar-refractivity contribution in [3.63, 3.8) is 0 Å². The molecule has 0 radical (unpaired) electrons. The van der Waals surface area contributed by atoms with E-state index in [0.29, 0.717) is 56.3 Å².